The summed E-state index contributed by atoms with van der Waals surface area (Å²) < 4.78 is 5.85. The molecule has 1 aliphatic heterocycles. The molecule has 4 rings (SSSR count). The second kappa shape index (κ2) is 7.48. The zero-order valence-corrected chi connectivity index (χ0v) is 15.6. The van der Waals surface area contributed by atoms with Crippen molar-refractivity contribution in [2.24, 2.45) is 0 Å². The number of fused-ring (bicyclic) bond motifs is 1. The molecular formula is C21H22N2O2S. The SMILES string of the molecule is Cc1ccc(-c2cc(O)c3c(c2)CN(CCc2ccccn2)CCO3)s1. The van der Waals surface area contributed by atoms with Crippen LogP contribution >= 0.6 is 11.3 Å². The van der Waals surface area contributed by atoms with Gasteiger partial charge < -0.3 is 9.84 Å². The lowest BCUT2D eigenvalue weighted by Gasteiger charge is -2.19. The molecule has 3 heterocycles. The van der Waals surface area contributed by atoms with E-state index in [0.717, 1.165) is 42.9 Å². The van der Waals surface area contributed by atoms with Crippen LogP contribution in [0.2, 0.25) is 0 Å². The summed E-state index contributed by atoms with van der Waals surface area (Å²) in [6.07, 6.45) is 2.75. The van der Waals surface area contributed by atoms with Crippen LogP contribution in [0.4, 0.5) is 0 Å². The Morgan fingerprint density at radius 1 is 1.23 bits per heavy atom. The number of aromatic hydroxyl groups is 1. The van der Waals surface area contributed by atoms with E-state index in [9.17, 15) is 5.11 Å². The largest absolute Gasteiger partial charge is 0.504 e. The summed E-state index contributed by atoms with van der Waals surface area (Å²) in [4.78, 5) is 9.21. The van der Waals surface area contributed by atoms with Crippen LogP contribution in [0.1, 0.15) is 16.1 Å². The van der Waals surface area contributed by atoms with E-state index in [1.807, 2.05) is 24.4 Å². The minimum absolute atomic E-state index is 0.232. The first-order valence-electron chi connectivity index (χ1n) is 8.87. The van der Waals surface area contributed by atoms with Gasteiger partial charge in [0.15, 0.2) is 11.5 Å². The van der Waals surface area contributed by atoms with Crippen molar-refractivity contribution in [2.75, 3.05) is 19.7 Å². The molecule has 2 aromatic heterocycles. The number of phenolic OH excluding ortho intramolecular Hbond substituents is 1. The maximum absolute atomic E-state index is 10.5. The van der Waals surface area contributed by atoms with Gasteiger partial charge in [-0.05, 0) is 48.9 Å². The van der Waals surface area contributed by atoms with E-state index in [-0.39, 0.29) is 5.75 Å². The maximum Gasteiger partial charge on any atom is 0.165 e. The molecule has 1 N–H and O–H groups in total. The Labute approximate surface area is 157 Å². The van der Waals surface area contributed by atoms with Gasteiger partial charge >= 0.3 is 0 Å². The number of benzene rings is 1. The fraction of sp³-hybridized carbons (Fsp3) is 0.286. The van der Waals surface area contributed by atoms with Gasteiger partial charge in [0.2, 0.25) is 0 Å². The van der Waals surface area contributed by atoms with Crippen molar-refractivity contribution in [2.45, 2.75) is 19.9 Å². The molecule has 1 aromatic carbocycles. The minimum atomic E-state index is 0.232. The molecule has 1 aliphatic rings. The Kier molecular flexibility index (Phi) is 4.91. The lowest BCUT2D eigenvalue weighted by Crippen LogP contribution is -2.28. The highest BCUT2D eigenvalue weighted by Gasteiger charge is 2.20. The van der Waals surface area contributed by atoms with Crippen LogP contribution in [0.5, 0.6) is 11.5 Å². The lowest BCUT2D eigenvalue weighted by molar-refractivity contribution is 0.224. The number of aromatic nitrogens is 1. The first kappa shape index (κ1) is 17.1. The van der Waals surface area contributed by atoms with E-state index < -0.39 is 0 Å². The third-order valence-electron chi connectivity index (χ3n) is 4.63. The van der Waals surface area contributed by atoms with E-state index in [4.69, 9.17) is 4.74 Å². The number of thiophene rings is 1. The molecule has 0 radical (unpaired) electrons. The number of rotatable bonds is 4. The van der Waals surface area contributed by atoms with Gasteiger partial charge in [-0.15, -0.1) is 11.3 Å². The average Bonchev–Trinajstić information content (AvgIpc) is 2.97. The normalized spacial score (nSPS) is 14.5. The first-order chi connectivity index (χ1) is 12.7. The second-order valence-corrected chi connectivity index (χ2v) is 7.88. The summed E-state index contributed by atoms with van der Waals surface area (Å²) in [7, 11) is 0. The third-order valence-corrected chi connectivity index (χ3v) is 5.68. The van der Waals surface area contributed by atoms with E-state index in [2.05, 4.69) is 41.1 Å². The molecule has 0 aliphatic carbocycles. The van der Waals surface area contributed by atoms with E-state index >= 15 is 0 Å². The number of hydrogen-bond acceptors (Lipinski definition) is 5. The van der Waals surface area contributed by atoms with Crippen molar-refractivity contribution in [1.82, 2.24) is 9.88 Å². The Balaban J connectivity index is 1.55. The average molecular weight is 366 g/mol. The van der Waals surface area contributed by atoms with Crippen LogP contribution in [-0.2, 0) is 13.0 Å². The van der Waals surface area contributed by atoms with Crippen LogP contribution in [0.25, 0.3) is 10.4 Å². The smallest absolute Gasteiger partial charge is 0.165 e. The quantitative estimate of drug-likeness (QED) is 0.749. The zero-order valence-electron chi connectivity index (χ0n) is 14.8. The summed E-state index contributed by atoms with van der Waals surface area (Å²) in [5.74, 6) is 0.859. The van der Waals surface area contributed by atoms with E-state index in [1.54, 1.807) is 11.3 Å². The van der Waals surface area contributed by atoms with Gasteiger partial charge in [-0.1, -0.05) is 6.07 Å². The van der Waals surface area contributed by atoms with Gasteiger partial charge in [-0.3, -0.25) is 9.88 Å². The van der Waals surface area contributed by atoms with Gasteiger partial charge in [-0.25, -0.2) is 0 Å². The monoisotopic (exact) mass is 366 g/mol. The zero-order chi connectivity index (χ0) is 17.9. The predicted molar refractivity (Wildman–Crippen MR) is 105 cm³/mol. The first-order valence-corrected chi connectivity index (χ1v) is 9.68. The summed E-state index contributed by atoms with van der Waals surface area (Å²) >= 11 is 1.74. The highest BCUT2D eigenvalue weighted by Crippen LogP contribution is 2.39. The van der Waals surface area contributed by atoms with Gasteiger partial charge in [0.05, 0.1) is 0 Å². The maximum atomic E-state index is 10.5. The highest BCUT2D eigenvalue weighted by atomic mass is 32.1. The van der Waals surface area contributed by atoms with Gasteiger partial charge in [0, 0.05) is 53.3 Å². The van der Waals surface area contributed by atoms with Crippen LogP contribution in [0.15, 0.2) is 48.7 Å². The molecule has 0 spiro atoms. The summed E-state index contributed by atoms with van der Waals surface area (Å²) in [6.45, 7) is 5.21. The summed E-state index contributed by atoms with van der Waals surface area (Å²) in [5.41, 5.74) is 3.20. The van der Waals surface area contributed by atoms with Crippen LogP contribution in [-0.4, -0.2) is 34.7 Å². The molecule has 26 heavy (non-hydrogen) atoms. The molecule has 0 bridgehead atoms. The van der Waals surface area contributed by atoms with Crippen LogP contribution < -0.4 is 4.74 Å². The molecule has 0 unspecified atom stereocenters. The molecular weight excluding hydrogens is 344 g/mol. The molecule has 0 saturated carbocycles. The number of aryl methyl sites for hydroxylation is 1. The summed E-state index contributed by atoms with van der Waals surface area (Å²) in [6, 6.07) is 14.2. The van der Waals surface area contributed by atoms with Gasteiger partial charge in [0.1, 0.15) is 6.61 Å². The van der Waals surface area contributed by atoms with Crippen molar-refractivity contribution in [1.29, 1.82) is 0 Å². The third kappa shape index (κ3) is 3.74. The Morgan fingerprint density at radius 3 is 2.92 bits per heavy atom. The lowest BCUT2D eigenvalue weighted by atomic mass is 10.1. The van der Waals surface area contributed by atoms with Crippen LogP contribution in [0.3, 0.4) is 0 Å². The fourth-order valence-corrected chi connectivity index (χ4v) is 4.15. The van der Waals surface area contributed by atoms with Gasteiger partial charge in [-0.2, -0.15) is 0 Å². The van der Waals surface area contributed by atoms with Crippen molar-refractivity contribution >= 4 is 11.3 Å². The number of ether oxygens (including phenoxy) is 1. The van der Waals surface area contributed by atoms with Gasteiger partial charge in [0.25, 0.3) is 0 Å². The van der Waals surface area contributed by atoms with E-state index in [1.165, 1.54) is 9.75 Å². The predicted octanol–water partition coefficient (Wildman–Crippen LogP) is 4.26. The molecule has 0 fully saturated rings. The number of nitrogens with zero attached hydrogens (tertiary/aromatic N) is 2. The number of phenols is 1. The Hall–Kier alpha value is -2.37. The van der Waals surface area contributed by atoms with Crippen molar-refractivity contribution in [3.8, 4) is 21.9 Å². The van der Waals surface area contributed by atoms with E-state index in [0.29, 0.717) is 12.4 Å². The second-order valence-electron chi connectivity index (χ2n) is 6.59. The molecule has 134 valence electrons. The number of hydrogen-bond donors (Lipinski definition) is 1. The molecule has 0 atom stereocenters. The molecule has 0 amide bonds. The van der Waals surface area contributed by atoms with Crippen molar-refractivity contribution < 1.29 is 9.84 Å². The minimum Gasteiger partial charge on any atom is -0.504 e. The highest BCUT2D eigenvalue weighted by molar-refractivity contribution is 7.15. The molecule has 5 heteroatoms. The topological polar surface area (TPSA) is 45.6 Å². The fourth-order valence-electron chi connectivity index (χ4n) is 3.29. The van der Waals surface area contributed by atoms with Crippen molar-refractivity contribution in [3.05, 3.63) is 64.8 Å². The van der Waals surface area contributed by atoms with Crippen LogP contribution in [0, 0.1) is 6.92 Å². The Morgan fingerprint density at radius 2 is 2.15 bits per heavy atom. The van der Waals surface area contributed by atoms with Crippen molar-refractivity contribution in [3.63, 3.8) is 0 Å². The standard InChI is InChI=1S/C21H22N2O2S/c1-15-5-6-20(26-15)16-12-17-14-23(9-7-18-4-2-3-8-22-18)10-11-25-21(17)19(24)13-16/h2-6,8,12-13,24H,7,9-11,14H2,1H3. The molecule has 0 saturated heterocycles. The molecule has 4 nitrogen and oxygen atoms in total. The Bertz CT molecular complexity index is 892. The number of pyridine rings is 1. The molecule has 3 aromatic rings. The summed E-state index contributed by atoms with van der Waals surface area (Å²) in [5, 5.41) is 10.5.